The molecule has 0 atom stereocenters. The Kier molecular flexibility index (Phi) is 4.22. The van der Waals surface area contributed by atoms with E-state index in [0.29, 0.717) is 6.07 Å². The number of hydrogen-bond acceptors (Lipinski definition) is 5. The molecule has 110 valence electrons. The SMILES string of the molecule is COC(=O)c1ccsc1NC(=O)c1cc(F)nc(F)c1F. The van der Waals surface area contributed by atoms with E-state index < -0.39 is 35.2 Å². The fraction of sp³-hybridized carbons (Fsp3) is 0.0833. The molecular formula is C12H7F3N2O3S. The average molecular weight is 316 g/mol. The quantitative estimate of drug-likeness (QED) is 0.698. The van der Waals surface area contributed by atoms with Gasteiger partial charge < -0.3 is 10.1 Å². The number of nitrogens with zero attached hydrogens (tertiary/aromatic N) is 1. The topological polar surface area (TPSA) is 68.3 Å². The van der Waals surface area contributed by atoms with E-state index >= 15 is 0 Å². The summed E-state index contributed by atoms with van der Waals surface area (Å²) in [6.45, 7) is 0. The van der Waals surface area contributed by atoms with Crippen molar-refractivity contribution in [3.8, 4) is 0 Å². The second kappa shape index (κ2) is 5.92. The Morgan fingerprint density at radius 1 is 1.29 bits per heavy atom. The number of aromatic nitrogens is 1. The number of amides is 1. The molecule has 5 nitrogen and oxygen atoms in total. The summed E-state index contributed by atoms with van der Waals surface area (Å²) in [6, 6.07) is 1.84. The van der Waals surface area contributed by atoms with Gasteiger partial charge in [-0.25, -0.2) is 9.18 Å². The van der Waals surface area contributed by atoms with Gasteiger partial charge in [-0.05, 0) is 11.4 Å². The number of carbonyl (C=O) groups is 2. The van der Waals surface area contributed by atoms with E-state index in [1.165, 1.54) is 11.4 Å². The van der Waals surface area contributed by atoms with Crippen LogP contribution >= 0.6 is 11.3 Å². The lowest BCUT2D eigenvalue weighted by molar-refractivity contribution is 0.0602. The molecule has 0 aliphatic rings. The molecule has 0 aliphatic heterocycles. The average Bonchev–Trinajstić information content (AvgIpc) is 2.89. The summed E-state index contributed by atoms with van der Waals surface area (Å²) in [7, 11) is 1.15. The van der Waals surface area contributed by atoms with Crippen LogP contribution in [0.2, 0.25) is 0 Å². The van der Waals surface area contributed by atoms with Crippen molar-refractivity contribution in [1.29, 1.82) is 0 Å². The van der Waals surface area contributed by atoms with E-state index in [1.54, 1.807) is 0 Å². The number of rotatable bonds is 3. The highest BCUT2D eigenvalue weighted by atomic mass is 32.1. The summed E-state index contributed by atoms with van der Waals surface area (Å²) in [5.41, 5.74) is -0.810. The van der Waals surface area contributed by atoms with E-state index in [2.05, 4.69) is 15.0 Å². The van der Waals surface area contributed by atoms with Gasteiger partial charge in [-0.3, -0.25) is 4.79 Å². The third kappa shape index (κ3) is 3.02. The lowest BCUT2D eigenvalue weighted by Crippen LogP contribution is -2.17. The van der Waals surface area contributed by atoms with Gasteiger partial charge in [-0.15, -0.1) is 11.3 Å². The van der Waals surface area contributed by atoms with Gasteiger partial charge in [0.25, 0.3) is 11.9 Å². The number of pyridine rings is 1. The van der Waals surface area contributed by atoms with Crippen LogP contribution in [0.1, 0.15) is 20.7 Å². The smallest absolute Gasteiger partial charge is 0.340 e. The van der Waals surface area contributed by atoms with Crippen LogP contribution in [0, 0.1) is 17.7 Å². The van der Waals surface area contributed by atoms with Crippen LogP contribution in [0.15, 0.2) is 17.5 Å². The molecule has 0 fully saturated rings. The van der Waals surface area contributed by atoms with Crippen molar-refractivity contribution in [3.05, 3.63) is 46.4 Å². The van der Waals surface area contributed by atoms with E-state index in [-0.39, 0.29) is 10.6 Å². The Balaban J connectivity index is 2.31. The van der Waals surface area contributed by atoms with Gasteiger partial charge in [0.1, 0.15) is 5.00 Å². The molecule has 2 heterocycles. The Hall–Kier alpha value is -2.42. The summed E-state index contributed by atoms with van der Waals surface area (Å²) < 4.78 is 43.8. The molecule has 0 unspecified atom stereocenters. The van der Waals surface area contributed by atoms with Crippen molar-refractivity contribution < 1.29 is 27.5 Å². The number of halogens is 3. The minimum atomic E-state index is -1.72. The van der Waals surface area contributed by atoms with Gasteiger partial charge in [0.05, 0.1) is 18.2 Å². The number of nitrogens with one attached hydrogen (secondary N) is 1. The predicted octanol–water partition coefficient (Wildman–Crippen LogP) is 2.60. The molecule has 1 N–H and O–H groups in total. The van der Waals surface area contributed by atoms with Crippen molar-refractivity contribution >= 4 is 28.2 Å². The van der Waals surface area contributed by atoms with Crippen molar-refractivity contribution in [1.82, 2.24) is 4.98 Å². The van der Waals surface area contributed by atoms with Crippen molar-refractivity contribution in [2.75, 3.05) is 12.4 Å². The van der Waals surface area contributed by atoms with E-state index in [9.17, 15) is 22.8 Å². The van der Waals surface area contributed by atoms with Crippen LogP contribution in [0.4, 0.5) is 18.2 Å². The molecule has 21 heavy (non-hydrogen) atoms. The normalized spacial score (nSPS) is 10.3. The minimum Gasteiger partial charge on any atom is -0.465 e. The first-order valence-electron chi connectivity index (χ1n) is 5.42. The Morgan fingerprint density at radius 2 is 2.00 bits per heavy atom. The summed E-state index contributed by atoms with van der Waals surface area (Å²) in [5.74, 6) is -6.46. The monoisotopic (exact) mass is 316 g/mol. The first-order chi connectivity index (χ1) is 9.93. The fourth-order valence-corrected chi connectivity index (χ4v) is 2.25. The maximum atomic E-state index is 13.4. The number of esters is 1. The summed E-state index contributed by atoms with van der Waals surface area (Å²) >= 11 is 0.972. The molecule has 0 bridgehead atoms. The van der Waals surface area contributed by atoms with Crippen molar-refractivity contribution in [2.24, 2.45) is 0 Å². The molecule has 0 radical (unpaired) electrons. The van der Waals surface area contributed by atoms with E-state index in [0.717, 1.165) is 18.4 Å². The minimum absolute atomic E-state index is 0.0475. The standard InChI is InChI=1S/C12H7F3N2O3S/c1-20-12(19)5-2-3-21-11(5)17-10(18)6-4-7(13)16-9(15)8(6)14/h2-4H,1H3,(H,17,18). The van der Waals surface area contributed by atoms with Gasteiger partial charge in [0.15, 0.2) is 5.82 Å². The summed E-state index contributed by atoms with van der Waals surface area (Å²) in [4.78, 5) is 25.9. The number of anilines is 1. The molecule has 2 rings (SSSR count). The molecular weight excluding hydrogens is 309 g/mol. The number of methoxy groups -OCH3 is 1. The zero-order valence-electron chi connectivity index (χ0n) is 10.4. The van der Waals surface area contributed by atoms with Gasteiger partial charge >= 0.3 is 5.97 Å². The Bertz CT molecular complexity index is 718. The molecule has 0 saturated heterocycles. The van der Waals surface area contributed by atoms with Gasteiger partial charge in [-0.2, -0.15) is 13.8 Å². The zero-order valence-corrected chi connectivity index (χ0v) is 11.3. The number of carbonyl (C=O) groups excluding carboxylic acids is 2. The maximum Gasteiger partial charge on any atom is 0.340 e. The number of thiophene rings is 1. The van der Waals surface area contributed by atoms with E-state index in [4.69, 9.17) is 0 Å². The highest BCUT2D eigenvalue weighted by molar-refractivity contribution is 7.14. The number of ether oxygens (including phenoxy) is 1. The van der Waals surface area contributed by atoms with Crippen molar-refractivity contribution in [3.63, 3.8) is 0 Å². The van der Waals surface area contributed by atoms with Gasteiger partial charge in [-0.1, -0.05) is 0 Å². The van der Waals surface area contributed by atoms with Crippen LogP contribution in [-0.4, -0.2) is 24.0 Å². The first kappa shape index (κ1) is 15.0. The maximum absolute atomic E-state index is 13.4. The second-order valence-corrected chi connectivity index (χ2v) is 4.62. The third-order valence-corrected chi connectivity index (χ3v) is 3.26. The van der Waals surface area contributed by atoms with Gasteiger partial charge in [0, 0.05) is 6.07 Å². The highest BCUT2D eigenvalue weighted by Gasteiger charge is 2.21. The lowest BCUT2D eigenvalue weighted by Gasteiger charge is -2.06. The summed E-state index contributed by atoms with van der Waals surface area (Å²) in [5, 5.41) is 3.76. The molecule has 0 spiro atoms. The van der Waals surface area contributed by atoms with E-state index in [1.807, 2.05) is 0 Å². The van der Waals surface area contributed by atoms with Crippen LogP contribution < -0.4 is 5.32 Å². The summed E-state index contributed by atoms with van der Waals surface area (Å²) in [6.07, 6.45) is 0. The fourth-order valence-electron chi connectivity index (χ4n) is 1.48. The van der Waals surface area contributed by atoms with Crippen molar-refractivity contribution in [2.45, 2.75) is 0 Å². The predicted molar refractivity (Wildman–Crippen MR) is 67.7 cm³/mol. The van der Waals surface area contributed by atoms with Crippen LogP contribution in [0.5, 0.6) is 0 Å². The molecule has 1 amide bonds. The third-order valence-electron chi connectivity index (χ3n) is 2.43. The lowest BCUT2D eigenvalue weighted by atomic mass is 10.2. The first-order valence-corrected chi connectivity index (χ1v) is 6.30. The second-order valence-electron chi connectivity index (χ2n) is 3.71. The van der Waals surface area contributed by atoms with Crippen LogP contribution in [0.25, 0.3) is 0 Å². The molecule has 2 aromatic rings. The highest BCUT2D eigenvalue weighted by Crippen LogP contribution is 2.25. The largest absolute Gasteiger partial charge is 0.465 e. The Morgan fingerprint density at radius 3 is 2.67 bits per heavy atom. The van der Waals surface area contributed by atoms with Gasteiger partial charge in [0.2, 0.25) is 5.95 Å². The molecule has 0 aromatic carbocycles. The molecule has 9 heteroatoms. The van der Waals surface area contributed by atoms with Crippen LogP contribution in [0.3, 0.4) is 0 Å². The van der Waals surface area contributed by atoms with Crippen LogP contribution in [-0.2, 0) is 4.74 Å². The molecule has 0 aliphatic carbocycles. The molecule has 2 aromatic heterocycles. The molecule has 0 saturated carbocycles. The Labute approximate surface area is 120 Å². The number of hydrogen-bond donors (Lipinski definition) is 1. The zero-order chi connectivity index (χ0) is 15.6.